The zero-order chi connectivity index (χ0) is 16.0. The van der Waals surface area contributed by atoms with Gasteiger partial charge in [-0.1, -0.05) is 29.8 Å². The number of rotatable bonds is 7. The first-order chi connectivity index (χ1) is 9.83. The van der Waals surface area contributed by atoms with Gasteiger partial charge in [-0.25, -0.2) is 0 Å². The summed E-state index contributed by atoms with van der Waals surface area (Å²) in [5.41, 5.74) is 7.57. The third-order valence-electron chi connectivity index (χ3n) is 3.33. The molecular weight excluding hydrogens is 330 g/mol. The van der Waals surface area contributed by atoms with Crippen molar-refractivity contribution in [3.05, 3.63) is 22.7 Å². The first kappa shape index (κ1) is 18.0. The van der Waals surface area contributed by atoms with Gasteiger partial charge in [0.2, 0.25) is 5.91 Å². The van der Waals surface area contributed by atoms with Gasteiger partial charge in [0.05, 0.1) is 11.4 Å². The highest BCUT2D eigenvalue weighted by molar-refractivity contribution is 9.10. The van der Waals surface area contributed by atoms with Crippen molar-refractivity contribution in [3.8, 4) is 0 Å². The van der Waals surface area contributed by atoms with E-state index in [1.807, 2.05) is 37.2 Å². The molecule has 0 saturated heterocycles. The van der Waals surface area contributed by atoms with E-state index < -0.39 is 0 Å². The van der Waals surface area contributed by atoms with Crippen LogP contribution in [0.15, 0.2) is 22.7 Å². The molecule has 1 amide bonds. The maximum Gasteiger partial charge on any atom is 0.224 e. The molecule has 1 atom stereocenters. The summed E-state index contributed by atoms with van der Waals surface area (Å²) >= 11 is 3.44. The largest absolute Gasteiger partial charge is 0.376 e. The van der Waals surface area contributed by atoms with Crippen LogP contribution in [-0.2, 0) is 4.79 Å². The number of anilines is 2. The van der Waals surface area contributed by atoms with E-state index in [1.54, 1.807) is 0 Å². The van der Waals surface area contributed by atoms with E-state index in [0.717, 1.165) is 22.3 Å². The summed E-state index contributed by atoms with van der Waals surface area (Å²) in [6, 6.07) is 5.87. The highest BCUT2D eigenvalue weighted by atomic mass is 79.9. The van der Waals surface area contributed by atoms with Crippen LogP contribution in [0.25, 0.3) is 0 Å². The van der Waals surface area contributed by atoms with Crippen LogP contribution in [0.1, 0.15) is 26.7 Å². The minimum absolute atomic E-state index is 0.0206. The minimum Gasteiger partial charge on any atom is -0.376 e. The van der Waals surface area contributed by atoms with Gasteiger partial charge in [-0.2, -0.15) is 0 Å². The Bertz CT molecular complexity index is 475. The smallest absolute Gasteiger partial charge is 0.224 e. The molecule has 1 aromatic rings. The lowest BCUT2D eigenvalue weighted by atomic mass is 9.94. The Morgan fingerprint density at radius 1 is 1.38 bits per heavy atom. The zero-order valence-electron chi connectivity index (χ0n) is 13.3. The first-order valence-electron chi connectivity index (χ1n) is 7.30. The third-order valence-corrected chi connectivity index (χ3v) is 3.82. The number of nitrogens with zero attached hydrogens (tertiary/aromatic N) is 1. The van der Waals surface area contributed by atoms with Crippen LogP contribution in [0.2, 0.25) is 0 Å². The Labute approximate surface area is 136 Å². The lowest BCUT2D eigenvalue weighted by molar-refractivity contribution is -0.117. The third kappa shape index (κ3) is 6.06. The van der Waals surface area contributed by atoms with Gasteiger partial charge in [0, 0.05) is 25.0 Å². The number of halogens is 1. The van der Waals surface area contributed by atoms with Crippen molar-refractivity contribution < 1.29 is 4.79 Å². The minimum atomic E-state index is 0.0206. The Kier molecular flexibility index (Phi) is 7.18. The fourth-order valence-corrected chi connectivity index (χ4v) is 2.75. The quantitative estimate of drug-likeness (QED) is 0.787. The number of nitrogens with one attached hydrogen (secondary N) is 1. The standard InChI is InChI=1S/C16H26BrN3O/c1-11(2)7-12(10-18)8-16(21)19-14-9-13(17)5-6-15(14)20(3)4/h5-6,9,11-12H,7-8,10,18H2,1-4H3,(H,19,21)/t12-/m0/s1. The van der Waals surface area contributed by atoms with E-state index in [0.29, 0.717) is 18.9 Å². The van der Waals surface area contributed by atoms with E-state index in [2.05, 4.69) is 35.1 Å². The average molecular weight is 356 g/mol. The first-order valence-corrected chi connectivity index (χ1v) is 8.09. The molecule has 0 radical (unpaired) electrons. The van der Waals surface area contributed by atoms with Gasteiger partial charge in [0.1, 0.15) is 0 Å². The van der Waals surface area contributed by atoms with E-state index >= 15 is 0 Å². The van der Waals surface area contributed by atoms with E-state index in [9.17, 15) is 4.79 Å². The number of amides is 1. The summed E-state index contributed by atoms with van der Waals surface area (Å²) in [5, 5.41) is 3.00. The van der Waals surface area contributed by atoms with Crippen LogP contribution in [0, 0.1) is 11.8 Å². The van der Waals surface area contributed by atoms with Crippen LogP contribution in [0.4, 0.5) is 11.4 Å². The predicted molar refractivity (Wildman–Crippen MR) is 93.7 cm³/mol. The number of hydrogen-bond donors (Lipinski definition) is 2. The molecule has 0 aliphatic rings. The lowest BCUT2D eigenvalue weighted by Crippen LogP contribution is -2.24. The fraction of sp³-hybridized carbons (Fsp3) is 0.562. The van der Waals surface area contributed by atoms with E-state index in [-0.39, 0.29) is 11.8 Å². The summed E-state index contributed by atoms with van der Waals surface area (Å²) in [4.78, 5) is 14.2. The highest BCUT2D eigenvalue weighted by Gasteiger charge is 2.15. The van der Waals surface area contributed by atoms with Crippen molar-refractivity contribution >= 4 is 33.2 Å². The highest BCUT2D eigenvalue weighted by Crippen LogP contribution is 2.28. The normalized spacial score (nSPS) is 12.3. The predicted octanol–water partition coefficient (Wildman–Crippen LogP) is 3.46. The topological polar surface area (TPSA) is 58.4 Å². The van der Waals surface area contributed by atoms with Crippen LogP contribution < -0.4 is 16.0 Å². The number of hydrogen-bond acceptors (Lipinski definition) is 3. The summed E-state index contributed by atoms with van der Waals surface area (Å²) in [5.74, 6) is 0.807. The summed E-state index contributed by atoms with van der Waals surface area (Å²) in [6.07, 6.45) is 1.44. The van der Waals surface area contributed by atoms with Crippen LogP contribution in [0.3, 0.4) is 0 Å². The number of carbonyl (C=O) groups excluding carboxylic acids is 1. The van der Waals surface area contributed by atoms with Gasteiger partial charge in [-0.3, -0.25) is 4.79 Å². The van der Waals surface area contributed by atoms with E-state index in [4.69, 9.17) is 5.73 Å². The molecule has 1 aromatic carbocycles. The number of benzene rings is 1. The average Bonchev–Trinajstić information content (AvgIpc) is 2.36. The molecule has 0 fully saturated rings. The number of nitrogens with two attached hydrogens (primary N) is 1. The second-order valence-corrected chi connectivity index (χ2v) is 6.96. The molecule has 1 rings (SSSR count). The van der Waals surface area contributed by atoms with Crippen LogP contribution in [-0.4, -0.2) is 26.5 Å². The molecule has 118 valence electrons. The summed E-state index contributed by atoms with van der Waals surface area (Å²) in [6.45, 7) is 4.85. The maximum absolute atomic E-state index is 12.2. The number of carbonyl (C=O) groups is 1. The molecule has 5 heteroatoms. The summed E-state index contributed by atoms with van der Waals surface area (Å²) in [7, 11) is 3.92. The monoisotopic (exact) mass is 355 g/mol. The van der Waals surface area contributed by atoms with Crippen molar-refractivity contribution in [1.29, 1.82) is 0 Å². The van der Waals surface area contributed by atoms with Crippen molar-refractivity contribution in [3.63, 3.8) is 0 Å². The Hall–Kier alpha value is -1.07. The molecule has 0 aromatic heterocycles. The molecule has 0 spiro atoms. The maximum atomic E-state index is 12.2. The van der Waals surface area contributed by atoms with Crippen molar-refractivity contribution in [2.24, 2.45) is 17.6 Å². The van der Waals surface area contributed by atoms with Crippen molar-refractivity contribution in [2.45, 2.75) is 26.7 Å². The zero-order valence-corrected chi connectivity index (χ0v) is 14.9. The summed E-state index contributed by atoms with van der Waals surface area (Å²) < 4.78 is 0.945. The van der Waals surface area contributed by atoms with Gasteiger partial charge in [-0.05, 0) is 43.0 Å². The molecule has 0 unspecified atom stereocenters. The van der Waals surface area contributed by atoms with Gasteiger partial charge in [-0.15, -0.1) is 0 Å². The molecule has 0 saturated carbocycles. The van der Waals surface area contributed by atoms with Gasteiger partial charge in [0.15, 0.2) is 0 Å². The Balaban J connectivity index is 2.76. The molecular formula is C16H26BrN3O. The second-order valence-electron chi connectivity index (χ2n) is 6.04. The molecule has 0 aliphatic carbocycles. The molecule has 0 aliphatic heterocycles. The Morgan fingerprint density at radius 2 is 2.05 bits per heavy atom. The molecule has 0 heterocycles. The molecule has 3 N–H and O–H groups in total. The van der Waals surface area contributed by atoms with Crippen molar-refractivity contribution in [2.75, 3.05) is 30.9 Å². The molecule has 4 nitrogen and oxygen atoms in total. The van der Waals surface area contributed by atoms with Gasteiger partial charge < -0.3 is 16.0 Å². The molecule has 0 bridgehead atoms. The SMILES string of the molecule is CC(C)C[C@H](CN)CC(=O)Nc1cc(Br)ccc1N(C)C. The molecule has 21 heavy (non-hydrogen) atoms. The van der Waals surface area contributed by atoms with Crippen LogP contribution >= 0.6 is 15.9 Å². The second kappa shape index (κ2) is 8.39. The Morgan fingerprint density at radius 3 is 2.57 bits per heavy atom. The fourth-order valence-electron chi connectivity index (χ4n) is 2.39. The lowest BCUT2D eigenvalue weighted by Gasteiger charge is -2.20. The van der Waals surface area contributed by atoms with Crippen LogP contribution in [0.5, 0.6) is 0 Å². The van der Waals surface area contributed by atoms with Gasteiger partial charge in [0.25, 0.3) is 0 Å². The van der Waals surface area contributed by atoms with Gasteiger partial charge >= 0.3 is 0 Å². The van der Waals surface area contributed by atoms with Crippen molar-refractivity contribution in [1.82, 2.24) is 0 Å². The van der Waals surface area contributed by atoms with E-state index in [1.165, 1.54) is 0 Å².